The maximum atomic E-state index is 12.4. The number of anilines is 1. The molecule has 0 aliphatic carbocycles. The molecule has 1 heterocycles. The van der Waals surface area contributed by atoms with Crippen LogP contribution >= 0.6 is 11.6 Å². The van der Waals surface area contributed by atoms with Crippen molar-refractivity contribution < 1.29 is 4.79 Å². The van der Waals surface area contributed by atoms with Gasteiger partial charge in [0.1, 0.15) is 0 Å². The fourth-order valence-corrected chi connectivity index (χ4v) is 2.97. The molecule has 0 spiro atoms. The van der Waals surface area contributed by atoms with Gasteiger partial charge < -0.3 is 5.32 Å². The number of hydrogen-bond acceptors (Lipinski definition) is 2. The van der Waals surface area contributed by atoms with E-state index < -0.39 is 0 Å². The quantitative estimate of drug-likeness (QED) is 0.743. The lowest BCUT2D eigenvalue weighted by Crippen LogP contribution is -2.15. The third-order valence-electron chi connectivity index (χ3n) is 4.23. The lowest BCUT2D eigenvalue weighted by atomic mass is 10.1. The lowest BCUT2D eigenvalue weighted by molar-refractivity contribution is -0.115. The van der Waals surface area contributed by atoms with Crippen molar-refractivity contribution in [2.45, 2.75) is 27.2 Å². The minimum Gasteiger partial charge on any atom is -0.326 e. The van der Waals surface area contributed by atoms with Crippen LogP contribution in [0.1, 0.15) is 22.5 Å². The second-order valence-electron chi connectivity index (χ2n) is 6.09. The molecule has 0 fully saturated rings. The van der Waals surface area contributed by atoms with E-state index in [2.05, 4.69) is 10.4 Å². The topological polar surface area (TPSA) is 46.9 Å². The molecular formula is C20H20ClN3O. The molecule has 25 heavy (non-hydrogen) atoms. The number of amides is 1. The SMILES string of the molecule is Cc1ccc(NC(=O)Cc2c(C)nn(-c3ccccc3)c2C)cc1Cl. The van der Waals surface area contributed by atoms with Crippen LogP contribution in [0.25, 0.3) is 5.69 Å². The van der Waals surface area contributed by atoms with Crippen molar-refractivity contribution in [3.05, 3.63) is 76.1 Å². The number of carbonyl (C=O) groups excluding carboxylic acids is 1. The van der Waals surface area contributed by atoms with E-state index >= 15 is 0 Å². The van der Waals surface area contributed by atoms with Crippen LogP contribution in [-0.2, 0) is 11.2 Å². The first-order valence-electron chi connectivity index (χ1n) is 8.12. The maximum Gasteiger partial charge on any atom is 0.228 e. The predicted octanol–water partition coefficient (Wildman–Crippen LogP) is 4.63. The minimum absolute atomic E-state index is 0.0845. The largest absolute Gasteiger partial charge is 0.326 e. The molecule has 1 amide bonds. The summed E-state index contributed by atoms with van der Waals surface area (Å²) in [5, 5.41) is 8.12. The molecular weight excluding hydrogens is 334 g/mol. The number of halogens is 1. The van der Waals surface area contributed by atoms with E-state index in [4.69, 9.17) is 11.6 Å². The van der Waals surface area contributed by atoms with Gasteiger partial charge >= 0.3 is 0 Å². The normalized spacial score (nSPS) is 10.7. The highest BCUT2D eigenvalue weighted by Crippen LogP contribution is 2.21. The molecule has 2 aromatic carbocycles. The molecule has 3 aromatic rings. The van der Waals surface area contributed by atoms with Crippen molar-refractivity contribution in [2.75, 3.05) is 5.32 Å². The first kappa shape index (κ1) is 17.2. The van der Waals surface area contributed by atoms with E-state index in [0.29, 0.717) is 10.7 Å². The minimum atomic E-state index is -0.0845. The Labute approximate surface area is 152 Å². The highest BCUT2D eigenvalue weighted by atomic mass is 35.5. The van der Waals surface area contributed by atoms with Crippen molar-refractivity contribution in [3.8, 4) is 5.69 Å². The Morgan fingerprint density at radius 1 is 1.12 bits per heavy atom. The van der Waals surface area contributed by atoms with Gasteiger partial charge in [0, 0.05) is 22.0 Å². The van der Waals surface area contributed by atoms with Crippen LogP contribution in [0, 0.1) is 20.8 Å². The zero-order valence-electron chi connectivity index (χ0n) is 14.5. The highest BCUT2D eigenvalue weighted by molar-refractivity contribution is 6.31. The van der Waals surface area contributed by atoms with Crippen LogP contribution in [0.3, 0.4) is 0 Å². The summed E-state index contributed by atoms with van der Waals surface area (Å²) >= 11 is 6.11. The van der Waals surface area contributed by atoms with E-state index in [-0.39, 0.29) is 12.3 Å². The van der Waals surface area contributed by atoms with E-state index in [9.17, 15) is 4.79 Å². The lowest BCUT2D eigenvalue weighted by Gasteiger charge is -2.08. The Morgan fingerprint density at radius 2 is 1.84 bits per heavy atom. The van der Waals surface area contributed by atoms with E-state index in [1.807, 2.05) is 67.9 Å². The third kappa shape index (κ3) is 3.74. The number of carbonyl (C=O) groups is 1. The third-order valence-corrected chi connectivity index (χ3v) is 4.64. The van der Waals surface area contributed by atoms with Crippen molar-refractivity contribution in [1.29, 1.82) is 0 Å². The maximum absolute atomic E-state index is 12.4. The Morgan fingerprint density at radius 3 is 2.52 bits per heavy atom. The molecule has 0 bridgehead atoms. The molecule has 128 valence electrons. The van der Waals surface area contributed by atoms with Gasteiger partial charge in [0.2, 0.25) is 5.91 Å². The van der Waals surface area contributed by atoms with Gasteiger partial charge in [0.05, 0.1) is 17.8 Å². The first-order valence-corrected chi connectivity index (χ1v) is 8.50. The van der Waals surface area contributed by atoms with Gasteiger partial charge in [-0.15, -0.1) is 0 Å². The van der Waals surface area contributed by atoms with Gasteiger partial charge in [0.15, 0.2) is 0 Å². The second kappa shape index (κ2) is 7.11. The molecule has 3 rings (SSSR count). The fourth-order valence-electron chi connectivity index (χ4n) is 2.79. The summed E-state index contributed by atoms with van der Waals surface area (Å²) in [4.78, 5) is 12.4. The number of benzene rings is 2. The number of nitrogens with one attached hydrogen (secondary N) is 1. The average molecular weight is 354 g/mol. The van der Waals surface area contributed by atoms with E-state index in [1.165, 1.54) is 0 Å². The van der Waals surface area contributed by atoms with Gasteiger partial charge in [-0.2, -0.15) is 5.10 Å². The fraction of sp³-hybridized carbons (Fsp3) is 0.200. The van der Waals surface area contributed by atoms with E-state index in [1.54, 1.807) is 6.07 Å². The molecule has 5 heteroatoms. The summed E-state index contributed by atoms with van der Waals surface area (Å²) in [6, 6.07) is 15.4. The summed E-state index contributed by atoms with van der Waals surface area (Å²) in [7, 11) is 0. The number of para-hydroxylation sites is 1. The Kier molecular flexibility index (Phi) is 4.91. The number of rotatable bonds is 4. The van der Waals surface area contributed by atoms with Gasteiger partial charge in [-0.25, -0.2) is 4.68 Å². The van der Waals surface area contributed by atoms with Crippen molar-refractivity contribution in [2.24, 2.45) is 0 Å². The summed E-state index contributed by atoms with van der Waals surface area (Å²) in [6.07, 6.45) is 0.274. The standard InChI is InChI=1S/C20H20ClN3O/c1-13-9-10-16(11-19(13)21)22-20(25)12-18-14(2)23-24(15(18)3)17-7-5-4-6-8-17/h4-11H,12H2,1-3H3,(H,22,25). The van der Waals surface area contributed by atoms with Gasteiger partial charge in [0.25, 0.3) is 0 Å². The number of nitrogens with zero attached hydrogens (tertiary/aromatic N) is 2. The number of aromatic nitrogens is 2. The van der Waals surface area contributed by atoms with Crippen LogP contribution in [0.2, 0.25) is 5.02 Å². The molecule has 0 aliphatic rings. The van der Waals surface area contributed by atoms with Crippen LogP contribution in [0.5, 0.6) is 0 Å². The molecule has 0 unspecified atom stereocenters. The zero-order chi connectivity index (χ0) is 18.0. The summed E-state index contributed by atoms with van der Waals surface area (Å²) in [6.45, 7) is 5.84. The summed E-state index contributed by atoms with van der Waals surface area (Å²) < 4.78 is 1.88. The molecule has 0 saturated heterocycles. The average Bonchev–Trinajstić information content (AvgIpc) is 2.87. The zero-order valence-corrected chi connectivity index (χ0v) is 15.3. The van der Waals surface area contributed by atoms with Gasteiger partial charge in [-0.3, -0.25) is 4.79 Å². The van der Waals surface area contributed by atoms with Gasteiger partial charge in [-0.1, -0.05) is 35.9 Å². The van der Waals surface area contributed by atoms with Crippen LogP contribution in [0.15, 0.2) is 48.5 Å². The molecule has 1 N–H and O–H groups in total. The molecule has 0 aliphatic heterocycles. The Bertz CT molecular complexity index is 916. The van der Waals surface area contributed by atoms with Crippen LogP contribution in [0.4, 0.5) is 5.69 Å². The Balaban J connectivity index is 1.79. The van der Waals surface area contributed by atoms with Crippen molar-refractivity contribution >= 4 is 23.2 Å². The van der Waals surface area contributed by atoms with Crippen molar-refractivity contribution in [3.63, 3.8) is 0 Å². The summed E-state index contributed by atoms with van der Waals surface area (Å²) in [5.41, 5.74) is 5.45. The number of aryl methyl sites for hydroxylation is 2. The van der Waals surface area contributed by atoms with Crippen LogP contribution < -0.4 is 5.32 Å². The molecule has 0 radical (unpaired) electrons. The monoisotopic (exact) mass is 353 g/mol. The Hall–Kier alpha value is -2.59. The summed E-state index contributed by atoms with van der Waals surface area (Å²) in [5.74, 6) is -0.0845. The van der Waals surface area contributed by atoms with Gasteiger partial charge in [-0.05, 0) is 50.6 Å². The first-order chi connectivity index (χ1) is 12.0. The van der Waals surface area contributed by atoms with Crippen LogP contribution in [-0.4, -0.2) is 15.7 Å². The number of hydrogen-bond donors (Lipinski definition) is 1. The molecule has 0 atom stereocenters. The molecule has 0 saturated carbocycles. The smallest absolute Gasteiger partial charge is 0.228 e. The predicted molar refractivity (Wildman–Crippen MR) is 102 cm³/mol. The highest BCUT2D eigenvalue weighted by Gasteiger charge is 2.16. The molecule has 4 nitrogen and oxygen atoms in total. The second-order valence-corrected chi connectivity index (χ2v) is 6.49. The van der Waals surface area contributed by atoms with E-state index in [0.717, 1.165) is 28.2 Å². The van der Waals surface area contributed by atoms with Crippen molar-refractivity contribution in [1.82, 2.24) is 9.78 Å². The molecule has 1 aromatic heterocycles.